The highest BCUT2D eigenvalue weighted by molar-refractivity contribution is 5.89. The third-order valence-electron chi connectivity index (χ3n) is 5.27. The van der Waals surface area contributed by atoms with Crippen LogP contribution in [0.4, 0.5) is 4.79 Å². The van der Waals surface area contributed by atoms with Gasteiger partial charge in [0, 0.05) is 12.0 Å². The van der Waals surface area contributed by atoms with Gasteiger partial charge in [0.2, 0.25) is 5.91 Å². The zero-order valence-corrected chi connectivity index (χ0v) is 17.0. The molecule has 2 aromatic carbocycles. The van der Waals surface area contributed by atoms with E-state index in [2.05, 4.69) is 20.3 Å². The summed E-state index contributed by atoms with van der Waals surface area (Å²) in [5.41, 5.74) is 4.75. The van der Waals surface area contributed by atoms with Crippen LogP contribution < -0.4 is 10.6 Å². The lowest BCUT2D eigenvalue weighted by Gasteiger charge is -2.18. The summed E-state index contributed by atoms with van der Waals surface area (Å²) in [6, 6.07) is 16.1. The lowest BCUT2D eigenvalue weighted by atomic mass is 9.98. The summed E-state index contributed by atoms with van der Waals surface area (Å²) >= 11 is 0. The summed E-state index contributed by atoms with van der Waals surface area (Å²) in [4.78, 5) is 36.0. The number of hydrogen-bond donors (Lipinski definition) is 3. The molecule has 32 heavy (non-hydrogen) atoms. The van der Waals surface area contributed by atoms with Gasteiger partial charge in [0.15, 0.2) is 0 Å². The Balaban J connectivity index is 1.39. The minimum Gasteiger partial charge on any atom is -0.481 e. The van der Waals surface area contributed by atoms with Crippen LogP contribution in [0.5, 0.6) is 0 Å². The maximum Gasteiger partial charge on any atom is 0.407 e. The smallest absolute Gasteiger partial charge is 0.407 e. The van der Waals surface area contributed by atoms with E-state index in [1.54, 1.807) is 6.07 Å². The number of amides is 2. The molecule has 1 atom stereocenters. The molecule has 1 unspecified atom stereocenters. The van der Waals surface area contributed by atoms with Gasteiger partial charge in [0.25, 0.3) is 0 Å². The highest BCUT2D eigenvalue weighted by atomic mass is 16.5. The SMILES string of the molecule is O=C(O)CC(NC(=O)OCC1c2ccccc2-c2ccccc21)C(=O)NCc1ccon1. The normalized spacial score (nSPS) is 13.0. The van der Waals surface area contributed by atoms with Crippen molar-refractivity contribution in [3.05, 3.63) is 77.7 Å². The van der Waals surface area contributed by atoms with Crippen LogP contribution in [0, 0.1) is 0 Å². The van der Waals surface area contributed by atoms with E-state index in [1.165, 1.54) is 6.26 Å². The number of aromatic nitrogens is 1. The second-order valence-electron chi connectivity index (χ2n) is 7.33. The van der Waals surface area contributed by atoms with Crippen molar-refractivity contribution in [2.24, 2.45) is 0 Å². The van der Waals surface area contributed by atoms with Crippen LogP contribution >= 0.6 is 0 Å². The van der Waals surface area contributed by atoms with E-state index in [0.29, 0.717) is 5.69 Å². The number of nitrogens with zero attached hydrogens (tertiary/aromatic N) is 1. The first-order chi connectivity index (χ1) is 15.5. The average Bonchev–Trinajstić information content (AvgIpc) is 3.41. The third-order valence-corrected chi connectivity index (χ3v) is 5.27. The minimum absolute atomic E-state index is 0.0395. The largest absolute Gasteiger partial charge is 0.481 e. The van der Waals surface area contributed by atoms with E-state index in [9.17, 15) is 14.4 Å². The summed E-state index contributed by atoms with van der Waals surface area (Å²) in [6.07, 6.45) is -0.102. The van der Waals surface area contributed by atoms with Gasteiger partial charge >= 0.3 is 12.1 Å². The number of aliphatic carboxylic acids is 1. The molecule has 1 aromatic heterocycles. The van der Waals surface area contributed by atoms with Crippen LogP contribution in [0.1, 0.15) is 29.2 Å². The number of hydrogen-bond acceptors (Lipinski definition) is 6. The standard InChI is InChI=1S/C23H21N3O6/c27-21(28)11-20(22(29)24-12-14-9-10-32-26-14)25-23(30)31-13-19-17-7-3-1-5-15(17)16-6-2-4-8-18(16)19/h1-10,19-20H,11-13H2,(H,24,29)(H,25,30)(H,27,28). The highest BCUT2D eigenvalue weighted by Gasteiger charge is 2.30. The first kappa shape index (κ1) is 21.1. The second kappa shape index (κ2) is 9.34. The fraction of sp³-hybridized carbons (Fsp3) is 0.217. The van der Waals surface area contributed by atoms with Gasteiger partial charge in [0.1, 0.15) is 24.6 Å². The van der Waals surface area contributed by atoms with Gasteiger partial charge in [-0.3, -0.25) is 9.59 Å². The Kier molecular flexibility index (Phi) is 6.16. The number of carboxylic acid groups (broad SMARTS) is 1. The Hall–Kier alpha value is -4.14. The monoisotopic (exact) mass is 435 g/mol. The van der Waals surface area contributed by atoms with Crippen LogP contribution in [-0.2, 0) is 20.9 Å². The summed E-state index contributed by atoms with van der Waals surface area (Å²) in [5, 5.41) is 17.7. The Morgan fingerprint density at radius 3 is 2.28 bits per heavy atom. The molecule has 2 amide bonds. The molecule has 0 radical (unpaired) electrons. The number of nitrogens with one attached hydrogen (secondary N) is 2. The van der Waals surface area contributed by atoms with Crippen LogP contribution in [0.2, 0.25) is 0 Å². The number of carbonyl (C=O) groups excluding carboxylic acids is 2. The quantitative estimate of drug-likeness (QED) is 0.496. The van der Waals surface area contributed by atoms with Crippen molar-refractivity contribution in [2.75, 3.05) is 6.61 Å². The van der Waals surface area contributed by atoms with Crippen molar-refractivity contribution in [1.82, 2.24) is 15.8 Å². The summed E-state index contributed by atoms with van der Waals surface area (Å²) in [5.74, 6) is -2.04. The molecule has 1 heterocycles. The molecule has 0 bridgehead atoms. The van der Waals surface area contributed by atoms with Gasteiger partial charge in [0.05, 0.1) is 13.0 Å². The van der Waals surface area contributed by atoms with Crippen LogP contribution in [0.25, 0.3) is 11.1 Å². The molecule has 0 saturated carbocycles. The minimum atomic E-state index is -1.30. The van der Waals surface area contributed by atoms with Gasteiger partial charge < -0.3 is 25.0 Å². The van der Waals surface area contributed by atoms with Crippen molar-refractivity contribution in [3.8, 4) is 11.1 Å². The molecule has 0 fully saturated rings. The highest BCUT2D eigenvalue weighted by Crippen LogP contribution is 2.44. The lowest BCUT2D eigenvalue weighted by molar-refractivity contribution is -0.139. The first-order valence-corrected chi connectivity index (χ1v) is 10.0. The zero-order valence-electron chi connectivity index (χ0n) is 17.0. The first-order valence-electron chi connectivity index (χ1n) is 10.0. The molecule has 9 nitrogen and oxygen atoms in total. The number of rotatable bonds is 8. The fourth-order valence-electron chi connectivity index (χ4n) is 3.80. The Morgan fingerprint density at radius 1 is 1.03 bits per heavy atom. The van der Waals surface area contributed by atoms with Crippen molar-refractivity contribution >= 4 is 18.0 Å². The molecule has 4 rings (SSSR count). The van der Waals surface area contributed by atoms with E-state index in [-0.39, 0.29) is 19.1 Å². The predicted octanol–water partition coefficient (Wildman–Crippen LogP) is 2.67. The number of carboxylic acids is 1. The van der Waals surface area contributed by atoms with E-state index in [0.717, 1.165) is 22.3 Å². The van der Waals surface area contributed by atoms with Crippen LogP contribution in [0.3, 0.4) is 0 Å². The molecule has 0 saturated heterocycles. The Bertz CT molecular complexity index is 1080. The number of fused-ring (bicyclic) bond motifs is 3. The van der Waals surface area contributed by atoms with Gasteiger partial charge in [-0.15, -0.1) is 0 Å². The van der Waals surface area contributed by atoms with Gasteiger partial charge in [-0.1, -0.05) is 53.7 Å². The Labute approximate surface area is 183 Å². The van der Waals surface area contributed by atoms with Crippen molar-refractivity contribution < 1.29 is 28.8 Å². The number of ether oxygens (including phenoxy) is 1. The molecular weight excluding hydrogens is 414 g/mol. The molecule has 0 spiro atoms. The maximum absolute atomic E-state index is 12.4. The molecule has 1 aliphatic rings. The predicted molar refractivity (Wildman–Crippen MR) is 113 cm³/mol. The van der Waals surface area contributed by atoms with E-state index in [1.807, 2.05) is 48.5 Å². The maximum atomic E-state index is 12.4. The number of alkyl carbamates (subject to hydrolysis) is 1. The molecule has 9 heteroatoms. The topological polar surface area (TPSA) is 131 Å². The average molecular weight is 435 g/mol. The summed E-state index contributed by atoms with van der Waals surface area (Å²) in [6.45, 7) is 0.0953. The van der Waals surface area contributed by atoms with Gasteiger partial charge in [-0.2, -0.15) is 0 Å². The van der Waals surface area contributed by atoms with Crippen molar-refractivity contribution in [3.63, 3.8) is 0 Å². The van der Waals surface area contributed by atoms with Crippen LogP contribution in [-0.4, -0.2) is 40.9 Å². The van der Waals surface area contributed by atoms with E-state index >= 15 is 0 Å². The molecule has 1 aliphatic carbocycles. The van der Waals surface area contributed by atoms with Gasteiger partial charge in [-0.05, 0) is 22.3 Å². The third kappa shape index (κ3) is 4.61. The van der Waals surface area contributed by atoms with E-state index < -0.39 is 30.4 Å². The van der Waals surface area contributed by atoms with E-state index in [4.69, 9.17) is 9.84 Å². The molecule has 3 N–H and O–H groups in total. The number of carbonyl (C=O) groups is 3. The molecule has 0 aliphatic heterocycles. The summed E-state index contributed by atoms with van der Waals surface area (Å²) < 4.78 is 10.1. The van der Waals surface area contributed by atoms with Crippen LogP contribution in [0.15, 0.2) is 65.4 Å². The summed E-state index contributed by atoms with van der Waals surface area (Å²) in [7, 11) is 0. The zero-order chi connectivity index (χ0) is 22.5. The van der Waals surface area contributed by atoms with Gasteiger partial charge in [-0.25, -0.2) is 4.79 Å². The molecule has 164 valence electrons. The molecule has 3 aromatic rings. The Morgan fingerprint density at radius 2 is 1.69 bits per heavy atom. The van der Waals surface area contributed by atoms with Crippen molar-refractivity contribution in [2.45, 2.75) is 24.9 Å². The lowest BCUT2D eigenvalue weighted by Crippen LogP contribution is -2.48. The fourth-order valence-corrected chi connectivity index (χ4v) is 3.80. The number of benzene rings is 2. The second-order valence-corrected chi connectivity index (χ2v) is 7.33. The van der Waals surface area contributed by atoms with Crippen molar-refractivity contribution in [1.29, 1.82) is 0 Å². The molecular formula is C23H21N3O6.